The highest BCUT2D eigenvalue weighted by Crippen LogP contribution is 2.47. The van der Waals surface area contributed by atoms with Crippen LogP contribution in [0.4, 0.5) is 0 Å². The SMILES string of the molecule is Cc1nc(-n2c3cc4c5ccccc5n5c6ccccc6c(c3c3ccc6ccccc6c32)c45)nc2cccnc12. The van der Waals surface area contributed by atoms with Crippen LogP contribution in [-0.4, -0.2) is 23.9 Å². The fraction of sp³-hybridized carbons (Fsp3) is 0.0278. The fourth-order valence-electron chi connectivity index (χ4n) is 7.18. The molecule has 0 atom stereocenters. The summed E-state index contributed by atoms with van der Waals surface area (Å²) in [6, 6.07) is 37.0. The Kier molecular flexibility index (Phi) is 3.81. The molecule has 5 aromatic heterocycles. The van der Waals surface area contributed by atoms with Gasteiger partial charge in [0, 0.05) is 43.9 Å². The van der Waals surface area contributed by atoms with E-state index in [1.165, 1.54) is 59.6 Å². The van der Waals surface area contributed by atoms with Gasteiger partial charge in [-0.05, 0) is 42.6 Å². The number of fused-ring (bicyclic) bond motifs is 13. The molecule has 0 spiro atoms. The van der Waals surface area contributed by atoms with Crippen molar-refractivity contribution in [1.29, 1.82) is 0 Å². The lowest BCUT2D eigenvalue weighted by Crippen LogP contribution is -2.04. The number of aryl methyl sites for hydroxylation is 1. The molecule has 0 N–H and O–H groups in total. The van der Waals surface area contributed by atoms with Gasteiger partial charge >= 0.3 is 0 Å². The zero-order valence-corrected chi connectivity index (χ0v) is 22.1. The Labute approximate surface area is 233 Å². The lowest BCUT2D eigenvalue weighted by molar-refractivity contribution is 0.986. The third kappa shape index (κ3) is 2.54. The van der Waals surface area contributed by atoms with E-state index in [0.717, 1.165) is 27.8 Å². The van der Waals surface area contributed by atoms with Gasteiger partial charge in [0.25, 0.3) is 0 Å². The predicted octanol–water partition coefficient (Wildman–Crippen LogP) is 8.73. The second-order valence-electron chi connectivity index (χ2n) is 10.9. The van der Waals surface area contributed by atoms with E-state index in [1.807, 2.05) is 19.1 Å². The first kappa shape index (κ1) is 21.3. The van der Waals surface area contributed by atoms with Gasteiger partial charge in [0.05, 0.1) is 38.8 Å². The Morgan fingerprint density at radius 1 is 0.561 bits per heavy atom. The largest absolute Gasteiger partial charge is 0.308 e. The van der Waals surface area contributed by atoms with Gasteiger partial charge in [0.1, 0.15) is 5.52 Å². The van der Waals surface area contributed by atoms with Gasteiger partial charge in [-0.3, -0.25) is 9.55 Å². The van der Waals surface area contributed by atoms with Crippen LogP contribution in [0.25, 0.3) is 87.7 Å². The first-order valence-electron chi connectivity index (χ1n) is 13.9. The highest BCUT2D eigenvalue weighted by molar-refractivity contribution is 6.37. The standard InChI is InChI=1S/C36H21N5/c1-20-33-27(13-8-18-37-33)39-36(38-20)41-30-19-26-23-11-4-6-14-28(23)40-29-15-7-5-12-24(29)32(35(26)40)31(30)25-17-16-21-9-2-3-10-22(21)34(25)41/h2-19H,1H3. The van der Waals surface area contributed by atoms with Crippen LogP contribution < -0.4 is 0 Å². The van der Waals surface area contributed by atoms with Crippen molar-refractivity contribution in [1.82, 2.24) is 23.9 Å². The van der Waals surface area contributed by atoms with Gasteiger partial charge in [-0.1, -0.05) is 72.8 Å². The van der Waals surface area contributed by atoms with E-state index in [0.29, 0.717) is 5.95 Å². The summed E-state index contributed by atoms with van der Waals surface area (Å²) in [7, 11) is 0. The molecule has 41 heavy (non-hydrogen) atoms. The fourth-order valence-corrected chi connectivity index (χ4v) is 7.18. The number of aromatic nitrogens is 5. The quantitative estimate of drug-likeness (QED) is 0.216. The third-order valence-electron chi connectivity index (χ3n) is 8.80. The van der Waals surface area contributed by atoms with Crippen molar-refractivity contribution < 1.29 is 0 Å². The molecular formula is C36H21N5. The monoisotopic (exact) mass is 523 g/mol. The van der Waals surface area contributed by atoms with Crippen LogP contribution in [0.1, 0.15) is 5.69 Å². The maximum absolute atomic E-state index is 5.11. The average Bonchev–Trinajstić information content (AvgIpc) is 3.65. The predicted molar refractivity (Wildman–Crippen MR) is 169 cm³/mol. The van der Waals surface area contributed by atoms with Crippen molar-refractivity contribution >= 4 is 81.7 Å². The molecule has 0 aliphatic rings. The first-order valence-corrected chi connectivity index (χ1v) is 13.9. The third-order valence-corrected chi connectivity index (χ3v) is 8.80. The maximum Gasteiger partial charge on any atom is 0.235 e. The Balaban J connectivity index is 1.54. The minimum absolute atomic E-state index is 0.668. The smallest absolute Gasteiger partial charge is 0.235 e. The van der Waals surface area contributed by atoms with E-state index in [-0.39, 0.29) is 0 Å². The van der Waals surface area contributed by atoms with Crippen LogP contribution in [-0.2, 0) is 0 Å². The number of benzene rings is 5. The maximum atomic E-state index is 5.11. The summed E-state index contributed by atoms with van der Waals surface area (Å²) in [5.74, 6) is 0.668. The highest BCUT2D eigenvalue weighted by atomic mass is 15.2. The molecule has 0 radical (unpaired) electrons. The van der Waals surface area contributed by atoms with Gasteiger partial charge in [-0.15, -0.1) is 0 Å². The van der Waals surface area contributed by atoms with E-state index in [9.17, 15) is 0 Å². The minimum Gasteiger partial charge on any atom is -0.308 e. The molecule has 5 heterocycles. The molecule has 0 bridgehead atoms. The zero-order chi connectivity index (χ0) is 26.8. The molecule has 0 unspecified atom stereocenters. The number of rotatable bonds is 1. The molecule has 0 saturated carbocycles. The molecule has 190 valence electrons. The number of pyridine rings is 1. The van der Waals surface area contributed by atoms with E-state index < -0.39 is 0 Å². The van der Waals surface area contributed by atoms with Gasteiger partial charge in [-0.25, -0.2) is 9.97 Å². The summed E-state index contributed by atoms with van der Waals surface area (Å²) < 4.78 is 4.73. The summed E-state index contributed by atoms with van der Waals surface area (Å²) in [5.41, 5.74) is 8.52. The number of hydrogen-bond acceptors (Lipinski definition) is 3. The van der Waals surface area contributed by atoms with E-state index in [1.54, 1.807) is 6.20 Å². The molecule has 5 heteroatoms. The van der Waals surface area contributed by atoms with Crippen LogP contribution in [0.15, 0.2) is 109 Å². The first-order chi connectivity index (χ1) is 20.3. The van der Waals surface area contributed by atoms with E-state index in [4.69, 9.17) is 9.97 Å². The van der Waals surface area contributed by atoms with E-state index in [2.05, 4.69) is 105 Å². The van der Waals surface area contributed by atoms with Gasteiger partial charge in [0.2, 0.25) is 5.95 Å². The molecular weight excluding hydrogens is 502 g/mol. The second-order valence-corrected chi connectivity index (χ2v) is 10.9. The van der Waals surface area contributed by atoms with Crippen molar-refractivity contribution in [3.05, 3.63) is 115 Å². The van der Waals surface area contributed by atoms with E-state index >= 15 is 0 Å². The lowest BCUT2D eigenvalue weighted by atomic mass is 10.0. The van der Waals surface area contributed by atoms with Crippen molar-refractivity contribution in [2.75, 3.05) is 0 Å². The summed E-state index contributed by atoms with van der Waals surface area (Å²) in [4.78, 5) is 14.8. The molecule has 5 nitrogen and oxygen atoms in total. The van der Waals surface area contributed by atoms with Crippen LogP contribution in [0.2, 0.25) is 0 Å². The summed E-state index contributed by atoms with van der Waals surface area (Å²) in [5, 5.41) is 9.85. The normalized spacial score (nSPS) is 12.5. The van der Waals surface area contributed by atoms with Crippen molar-refractivity contribution in [3.8, 4) is 5.95 Å². The summed E-state index contributed by atoms with van der Waals surface area (Å²) in [6.07, 6.45) is 1.80. The van der Waals surface area contributed by atoms with Gasteiger partial charge in [-0.2, -0.15) is 0 Å². The van der Waals surface area contributed by atoms with Crippen LogP contribution in [0, 0.1) is 6.92 Å². The van der Waals surface area contributed by atoms with Crippen molar-refractivity contribution in [2.24, 2.45) is 0 Å². The molecule has 0 saturated heterocycles. The Morgan fingerprint density at radius 2 is 1.32 bits per heavy atom. The summed E-state index contributed by atoms with van der Waals surface area (Å²) >= 11 is 0. The highest BCUT2D eigenvalue weighted by Gasteiger charge is 2.25. The van der Waals surface area contributed by atoms with Crippen LogP contribution in [0.5, 0.6) is 0 Å². The number of hydrogen-bond donors (Lipinski definition) is 0. The molecule has 10 rings (SSSR count). The summed E-state index contributed by atoms with van der Waals surface area (Å²) in [6.45, 7) is 2.02. The molecule has 5 aromatic carbocycles. The average molecular weight is 524 g/mol. The molecule has 0 aliphatic carbocycles. The van der Waals surface area contributed by atoms with Gasteiger partial charge in [0.15, 0.2) is 0 Å². The molecule has 0 amide bonds. The topological polar surface area (TPSA) is 48.0 Å². The Bertz CT molecular complexity index is 2710. The Hall–Kier alpha value is -5.55. The lowest BCUT2D eigenvalue weighted by Gasteiger charge is -2.10. The van der Waals surface area contributed by atoms with Crippen molar-refractivity contribution in [3.63, 3.8) is 0 Å². The van der Waals surface area contributed by atoms with Crippen molar-refractivity contribution in [2.45, 2.75) is 6.92 Å². The second kappa shape index (κ2) is 7.34. The number of para-hydroxylation sites is 2. The van der Waals surface area contributed by atoms with Crippen LogP contribution >= 0.6 is 0 Å². The zero-order valence-electron chi connectivity index (χ0n) is 22.1. The Morgan fingerprint density at radius 3 is 2.20 bits per heavy atom. The molecule has 0 aliphatic heterocycles. The minimum atomic E-state index is 0.668. The molecule has 10 aromatic rings. The number of nitrogens with zero attached hydrogens (tertiary/aromatic N) is 5. The van der Waals surface area contributed by atoms with Gasteiger partial charge < -0.3 is 4.40 Å². The van der Waals surface area contributed by atoms with Crippen LogP contribution in [0.3, 0.4) is 0 Å². The molecule has 0 fully saturated rings.